The van der Waals surface area contributed by atoms with E-state index in [-0.39, 0.29) is 64.5 Å². The van der Waals surface area contributed by atoms with E-state index in [9.17, 15) is 14.2 Å². The molecule has 2 rings (SSSR count). The third kappa shape index (κ3) is 9.31. The number of hydrogen-bond acceptors (Lipinski definition) is 7. The number of nitrogens with one attached hydrogen (secondary N) is 1. The zero-order valence-corrected chi connectivity index (χ0v) is 20.5. The van der Waals surface area contributed by atoms with Crippen molar-refractivity contribution in [2.24, 2.45) is 0 Å². The normalized spacial score (nSPS) is 22.7. The number of benzene rings is 1. The first-order valence-electron chi connectivity index (χ1n) is 8.83. The summed E-state index contributed by atoms with van der Waals surface area (Å²) in [5.74, 6) is 0.341. The van der Waals surface area contributed by atoms with Crippen LogP contribution in [-0.4, -0.2) is 50.9 Å². The van der Waals surface area contributed by atoms with Gasteiger partial charge in [0.1, 0.15) is 11.4 Å². The molecule has 1 aliphatic heterocycles. The van der Waals surface area contributed by atoms with Gasteiger partial charge in [-0.1, -0.05) is 24.5 Å². The van der Waals surface area contributed by atoms with Gasteiger partial charge in [0, 0.05) is 32.7 Å². The smallest absolute Gasteiger partial charge is 0.405 e. The van der Waals surface area contributed by atoms with Crippen LogP contribution in [-0.2, 0) is 62.5 Å². The van der Waals surface area contributed by atoms with Gasteiger partial charge in [-0.25, -0.2) is 15.6 Å². The fourth-order valence-corrected chi connectivity index (χ4v) is 3.73. The molecular formula is C18H24BNO7PY-. The molecular weight excluding hydrogens is 473 g/mol. The van der Waals surface area contributed by atoms with E-state index in [0.717, 1.165) is 5.56 Å². The Hall–Kier alpha value is -0.721. The Morgan fingerprint density at radius 3 is 2.52 bits per heavy atom. The maximum atomic E-state index is 12.5. The first-order valence-corrected chi connectivity index (χ1v) is 10.6. The minimum atomic E-state index is -3.39. The number of carbonyl (C=O) groups is 1. The van der Waals surface area contributed by atoms with Gasteiger partial charge in [-0.3, -0.25) is 4.52 Å². The first-order chi connectivity index (χ1) is 13.1. The predicted molar refractivity (Wildman–Crippen MR) is 103 cm³/mol. The second-order valence-corrected chi connectivity index (χ2v) is 9.24. The molecule has 8 nitrogen and oxygen atoms in total. The molecule has 29 heavy (non-hydrogen) atoms. The predicted octanol–water partition coefficient (Wildman–Crippen LogP) is 2.76. The number of carbonyl (C=O) groups excluding carboxylic acids is 2. The third-order valence-corrected chi connectivity index (χ3v) is 5.13. The Morgan fingerprint density at radius 1 is 1.38 bits per heavy atom. The first kappa shape index (κ1) is 26.3. The van der Waals surface area contributed by atoms with Crippen LogP contribution in [0, 0.1) is 0 Å². The molecule has 155 valence electrons. The van der Waals surface area contributed by atoms with Crippen molar-refractivity contribution in [1.29, 1.82) is 0 Å². The van der Waals surface area contributed by atoms with Gasteiger partial charge in [-0.15, -0.1) is 0 Å². The molecule has 0 spiro atoms. The molecule has 0 aromatic heterocycles. The summed E-state index contributed by atoms with van der Waals surface area (Å²) in [6.45, 7) is 5.30. The summed E-state index contributed by atoms with van der Waals surface area (Å²) in [7, 11) is 2.09. The molecule has 0 bridgehead atoms. The Kier molecular flexibility index (Phi) is 10.5. The number of hydrogen-bond donors (Lipinski definition) is 1. The van der Waals surface area contributed by atoms with Gasteiger partial charge in [0.2, 0.25) is 0 Å². The van der Waals surface area contributed by atoms with Gasteiger partial charge in [0.15, 0.2) is 6.35 Å². The number of amides is 1. The van der Waals surface area contributed by atoms with Gasteiger partial charge in [0.25, 0.3) is 0 Å². The van der Waals surface area contributed by atoms with E-state index in [1.807, 2.05) is 0 Å². The summed E-state index contributed by atoms with van der Waals surface area (Å²) in [6, 6.07) is 5.72. The van der Waals surface area contributed by atoms with Gasteiger partial charge >= 0.3 is 13.7 Å². The zero-order chi connectivity index (χ0) is 20.8. The standard InChI is InChI=1S/C18H24BNO7P.Y/c1-18(2,3)26-17(22)20-14(10-21)8-13-4-6-15(7-5-13)27-28(23)12-24-16(9-19)11-25-28;/h4-7,14,16H,8-9,11-12H2,1-3H3,(H,20,22);/q-1;/t14-,16-,28?;/m0./s1. The van der Waals surface area contributed by atoms with Gasteiger partial charge in [-0.2, -0.15) is 0 Å². The van der Waals surface area contributed by atoms with E-state index >= 15 is 0 Å². The summed E-state index contributed by atoms with van der Waals surface area (Å²) in [6.07, 6.45) is 1.13. The molecule has 1 saturated heterocycles. The number of ether oxygens (including phenoxy) is 2. The molecule has 3 radical (unpaired) electrons. The van der Waals surface area contributed by atoms with Crippen molar-refractivity contribution < 1.29 is 65.4 Å². The monoisotopic (exact) mass is 497 g/mol. The quantitative estimate of drug-likeness (QED) is 0.352. The van der Waals surface area contributed by atoms with E-state index in [1.165, 1.54) is 0 Å². The summed E-state index contributed by atoms with van der Waals surface area (Å²) < 4.78 is 33.7. The van der Waals surface area contributed by atoms with E-state index in [2.05, 4.69) is 5.32 Å². The van der Waals surface area contributed by atoms with Crippen molar-refractivity contribution in [1.82, 2.24) is 5.32 Å². The maximum Gasteiger partial charge on any atom is 0.405 e. The van der Waals surface area contributed by atoms with Crippen LogP contribution in [0.25, 0.3) is 0 Å². The van der Waals surface area contributed by atoms with Crippen LogP contribution in [0.3, 0.4) is 0 Å². The van der Waals surface area contributed by atoms with Gasteiger partial charge < -0.3 is 24.1 Å². The molecule has 1 aromatic carbocycles. The maximum absolute atomic E-state index is 12.5. The molecule has 1 amide bonds. The van der Waals surface area contributed by atoms with Crippen LogP contribution >= 0.6 is 7.60 Å². The van der Waals surface area contributed by atoms with Crippen LogP contribution in [0.15, 0.2) is 24.3 Å². The molecule has 1 unspecified atom stereocenters. The molecule has 1 fully saturated rings. The summed E-state index contributed by atoms with van der Waals surface area (Å²) >= 11 is 0. The molecule has 1 aromatic rings. The molecule has 1 N–H and O–H groups in total. The number of rotatable bonds is 7. The topological polar surface area (TPSA) is 100 Å². The molecule has 11 heteroatoms. The average molecular weight is 497 g/mol. The SMILES string of the molecule is [B]C[C@H]1COP(=O)(Oc2ccc(C[C@@H]([C-]=O)NC(=O)OC(C)(C)C)cc2)CO1.[Y]. The van der Waals surface area contributed by atoms with Gasteiger partial charge in [0.05, 0.1) is 20.6 Å². The van der Waals surface area contributed by atoms with E-state index in [0.29, 0.717) is 5.75 Å². The van der Waals surface area contributed by atoms with Crippen LogP contribution in [0.4, 0.5) is 4.79 Å². The molecule has 3 atom stereocenters. The Balaban J connectivity index is 0.00000420. The fraction of sp³-hybridized carbons (Fsp3) is 0.556. The van der Waals surface area contributed by atoms with E-state index in [4.69, 9.17) is 26.4 Å². The average Bonchev–Trinajstić information content (AvgIpc) is 2.61. The van der Waals surface area contributed by atoms with Crippen molar-refractivity contribution in [2.75, 3.05) is 13.0 Å². The molecule has 1 heterocycles. The van der Waals surface area contributed by atoms with Crippen LogP contribution in [0.1, 0.15) is 26.3 Å². The van der Waals surface area contributed by atoms with Crippen molar-refractivity contribution in [2.45, 2.75) is 51.3 Å². The van der Waals surface area contributed by atoms with Crippen LogP contribution in [0.2, 0.25) is 6.32 Å². The third-order valence-electron chi connectivity index (χ3n) is 3.63. The fourth-order valence-electron chi connectivity index (χ4n) is 2.32. The minimum Gasteiger partial charge on any atom is -0.540 e. The molecule has 1 aliphatic rings. The van der Waals surface area contributed by atoms with Crippen molar-refractivity contribution in [3.05, 3.63) is 29.8 Å². The second kappa shape index (κ2) is 11.6. The van der Waals surface area contributed by atoms with Crippen LogP contribution < -0.4 is 9.84 Å². The molecule has 0 aliphatic carbocycles. The van der Waals surface area contributed by atoms with Crippen molar-refractivity contribution in [3.63, 3.8) is 0 Å². The largest absolute Gasteiger partial charge is 0.540 e. The summed E-state index contributed by atoms with van der Waals surface area (Å²) in [5, 5.41) is 2.46. The summed E-state index contributed by atoms with van der Waals surface area (Å²) in [4.78, 5) is 22.9. The van der Waals surface area contributed by atoms with E-state index < -0.39 is 25.3 Å². The van der Waals surface area contributed by atoms with E-state index in [1.54, 1.807) is 51.3 Å². The number of alkyl carbamates (subject to hydrolysis) is 1. The van der Waals surface area contributed by atoms with Gasteiger partial charge in [-0.05, 0) is 44.9 Å². The Bertz CT molecular complexity index is 714. The zero-order valence-electron chi connectivity index (χ0n) is 16.8. The molecule has 0 saturated carbocycles. The summed E-state index contributed by atoms with van der Waals surface area (Å²) in [5.41, 5.74) is 0.0854. The Morgan fingerprint density at radius 2 is 2.03 bits per heavy atom. The Labute approximate surface area is 197 Å². The van der Waals surface area contributed by atoms with Crippen molar-refractivity contribution >= 4 is 27.8 Å². The van der Waals surface area contributed by atoms with Crippen LogP contribution in [0.5, 0.6) is 5.75 Å². The second-order valence-electron chi connectivity index (χ2n) is 7.32. The van der Waals surface area contributed by atoms with Crippen molar-refractivity contribution in [3.8, 4) is 5.75 Å². The minimum absolute atomic E-state index is 0.